The molecular weight excluding hydrogens is 436 g/mol. The molecule has 0 atom stereocenters. The molecule has 0 aliphatic carbocycles. The number of hydrogen-bond acceptors (Lipinski definition) is 10. The van der Waals surface area contributed by atoms with Gasteiger partial charge in [0.1, 0.15) is 5.75 Å². The fourth-order valence-electron chi connectivity index (χ4n) is 2.74. The Morgan fingerprint density at radius 3 is 2.70 bits per heavy atom. The summed E-state index contributed by atoms with van der Waals surface area (Å²) in [5.41, 5.74) is -0.152. The Morgan fingerprint density at radius 2 is 2.03 bits per heavy atom. The number of rotatable bonds is 7. The lowest BCUT2D eigenvalue weighted by atomic mass is 10.2. The van der Waals surface area contributed by atoms with Gasteiger partial charge in [-0.1, -0.05) is 4.49 Å². The number of aromatic nitrogens is 2. The first-order chi connectivity index (χ1) is 14.4. The van der Waals surface area contributed by atoms with Crippen molar-refractivity contribution in [3.63, 3.8) is 0 Å². The first-order valence-electron chi connectivity index (χ1n) is 8.95. The molecule has 1 aliphatic heterocycles. The van der Waals surface area contributed by atoms with Gasteiger partial charge in [0.15, 0.2) is 5.00 Å². The van der Waals surface area contributed by atoms with Gasteiger partial charge in [-0.05, 0) is 25.1 Å². The molecule has 30 heavy (non-hydrogen) atoms. The summed E-state index contributed by atoms with van der Waals surface area (Å²) in [4.78, 5) is 24.7. The van der Waals surface area contributed by atoms with Crippen LogP contribution in [-0.2, 0) is 19.5 Å². The molecule has 0 unspecified atom stereocenters. The van der Waals surface area contributed by atoms with Gasteiger partial charge in [-0.2, -0.15) is 4.31 Å². The molecule has 2 aromatic rings. The number of sulfonamides is 1. The molecule has 1 aromatic heterocycles. The molecule has 2 heterocycles. The van der Waals surface area contributed by atoms with E-state index in [1.54, 1.807) is 6.92 Å². The standard InChI is InChI=1S/C17H20N4O7S2/c1-3-28-17(23)14-16(29-20-19-14)18-15(22)12-10-11(4-5-13(12)26-2)30(24,25)21-6-8-27-9-7-21/h4-5,10H,3,6-9H2,1-2H3,(H,18,22). The molecule has 1 N–H and O–H groups in total. The molecule has 0 bridgehead atoms. The fraction of sp³-hybridized carbons (Fsp3) is 0.412. The second-order valence-electron chi connectivity index (χ2n) is 6.00. The van der Waals surface area contributed by atoms with Crippen molar-refractivity contribution in [1.29, 1.82) is 0 Å². The molecule has 11 nitrogen and oxygen atoms in total. The van der Waals surface area contributed by atoms with Gasteiger partial charge in [-0.25, -0.2) is 13.2 Å². The zero-order valence-corrected chi connectivity index (χ0v) is 17.9. The van der Waals surface area contributed by atoms with Crippen LogP contribution in [0.2, 0.25) is 0 Å². The number of carbonyl (C=O) groups excluding carboxylic acids is 2. The number of hydrogen-bond donors (Lipinski definition) is 1. The Morgan fingerprint density at radius 1 is 1.30 bits per heavy atom. The molecule has 1 aromatic carbocycles. The van der Waals surface area contributed by atoms with Gasteiger partial charge >= 0.3 is 5.97 Å². The number of carbonyl (C=O) groups is 2. The first-order valence-corrected chi connectivity index (χ1v) is 11.2. The monoisotopic (exact) mass is 456 g/mol. The predicted octanol–water partition coefficient (Wildman–Crippen LogP) is 0.997. The van der Waals surface area contributed by atoms with Gasteiger partial charge in [-0.15, -0.1) is 5.10 Å². The quantitative estimate of drug-likeness (QED) is 0.605. The maximum atomic E-state index is 12.9. The SMILES string of the molecule is CCOC(=O)c1nnsc1NC(=O)c1cc(S(=O)(=O)N2CCOCC2)ccc1OC. The average Bonchev–Trinajstić information content (AvgIpc) is 3.22. The minimum Gasteiger partial charge on any atom is -0.496 e. The van der Waals surface area contributed by atoms with Crippen molar-refractivity contribution in [2.24, 2.45) is 0 Å². The van der Waals surface area contributed by atoms with Gasteiger partial charge in [0.05, 0.1) is 37.4 Å². The third-order valence-electron chi connectivity index (χ3n) is 4.21. The van der Waals surface area contributed by atoms with Crippen LogP contribution in [0.15, 0.2) is 23.1 Å². The van der Waals surface area contributed by atoms with Crippen molar-refractivity contribution in [2.45, 2.75) is 11.8 Å². The third kappa shape index (κ3) is 4.59. The minimum absolute atomic E-state index is 0.0185. The normalized spacial score (nSPS) is 14.9. The van der Waals surface area contributed by atoms with Gasteiger partial charge in [-0.3, -0.25) is 4.79 Å². The summed E-state index contributed by atoms with van der Waals surface area (Å²) < 4.78 is 46.1. The van der Waals surface area contributed by atoms with Crippen LogP contribution in [-0.4, -0.2) is 74.2 Å². The number of morpholine rings is 1. The highest BCUT2D eigenvalue weighted by molar-refractivity contribution is 7.89. The lowest BCUT2D eigenvalue weighted by Gasteiger charge is -2.26. The zero-order valence-electron chi connectivity index (χ0n) is 16.3. The van der Waals surface area contributed by atoms with Crippen LogP contribution in [0, 0.1) is 0 Å². The Balaban J connectivity index is 1.90. The summed E-state index contributed by atoms with van der Waals surface area (Å²) in [7, 11) is -2.45. The highest BCUT2D eigenvalue weighted by Crippen LogP contribution is 2.27. The largest absolute Gasteiger partial charge is 0.496 e. The molecule has 1 fully saturated rings. The number of esters is 1. The topological polar surface area (TPSA) is 137 Å². The average molecular weight is 457 g/mol. The molecule has 1 saturated heterocycles. The van der Waals surface area contributed by atoms with Crippen molar-refractivity contribution in [3.8, 4) is 5.75 Å². The van der Waals surface area contributed by atoms with E-state index in [0.29, 0.717) is 13.2 Å². The number of ether oxygens (including phenoxy) is 3. The lowest BCUT2D eigenvalue weighted by molar-refractivity contribution is 0.0520. The lowest BCUT2D eigenvalue weighted by Crippen LogP contribution is -2.40. The highest BCUT2D eigenvalue weighted by atomic mass is 32.2. The third-order valence-corrected chi connectivity index (χ3v) is 6.74. The Bertz CT molecular complexity index is 1030. The molecular formula is C17H20N4O7S2. The summed E-state index contributed by atoms with van der Waals surface area (Å²) in [6, 6.07) is 4.01. The number of nitrogens with zero attached hydrogens (tertiary/aromatic N) is 3. The highest BCUT2D eigenvalue weighted by Gasteiger charge is 2.28. The van der Waals surface area contributed by atoms with E-state index in [0.717, 1.165) is 11.5 Å². The van der Waals surface area contributed by atoms with Crippen LogP contribution in [0.4, 0.5) is 5.00 Å². The first kappa shape index (κ1) is 22.1. The van der Waals surface area contributed by atoms with Gasteiger partial charge < -0.3 is 19.5 Å². The number of methoxy groups -OCH3 is 1. The smallest absolute Gasteiger partial charge is 0.362 e. The van der Waals surface area contributed by atoms with E-state index in [1.165, 1.54) is 29.6 Å². The number of benzene rings is 1. The van der Waals surface area contributed by atoms with Crippen LogP contribution in [0.1, 0.15) is 27.8 Å². The number of anilines is 1. The van der Waals surface area contributed by atoms with Crippen molar-refractivity contribution in [1.82, 2.24) is 13.9 Å². The van der Waals surface area contributed by atoms with Crippen molar-refractivity contribution >= 4 is 38.4 Å². The molecule has 1 amide bonds. The van der Waals surface area contributed by atoms with Crippen LogP contribution >= 0.6 is 11.5 Å². The maximum absolute atomic E-state index is 12.9. The molecule has 13 heteroatoms. The Labute approximate surface area is 177 Å². The summed E-state index contributed by atoms with van der Waals surface area (Å²) in [6.07, 6.45) is 0. The van der Waals surface area contributed by atoms with Crippen LogP contribution < -0.4 is 10.1 Å². The zero-order chi connectivity index (χ0) is 21.7. The molecule has 1 aliphatic rings. The van der Waals surface area contributed by atoms with Crippen LogP contribution in [0.5, 0.6) is 5.75 Å². The van der Waals surface area contributed by atoms with Crippen molar-refractivity contribution in [2.75, 3.05) is 45.3 Å². The van der Waals surface area contributed by atoms with E-state index < -0.39 is 21.9 Å². The van der Waals surface area contributed by atoms with E-state index in [-0.39, 0.29) is 46.6 Å². The molecule has 0 saturated carbocycles. The second-order valence-corrected chi connectivity index (χ2v) is 8.70. The molecule has 0 spiro atoms. The van der Waals surface area contributed by atoms with Crippen molar-refractivity contribution in [3.05, 3.63) is 29.5 Å². The van der Waals surface area contributed by atoms with Gasteiger partial charge in [0.25, 0.3) is 5.91 Å². The van der Waals surface area contributed by atoms with Gasteiger partial charge in [0.2, 0.25) is 15.7 Å². The summed E-state index contributed by atoms with van der Waals surface area (Å²) in [5.74, 6) is -1.23. The predicted molar refractivity (Wildman–Crippen MR) is 106 cm³/mol. The van der Waals surface area contributed by atoms with Crippen LogP contribution in [0.3, 0.4) is 0 Å². The van der Waals surface area contributed by atoms with Gasteiger partial charge in [0, 0.05) is 24.6 Å². The van der Waals surface area contributed by atoms with E-state index >= 15 is 0 Å². The van der Waals surface area contributed by atoms with E-state index in [4.69, 9.17) is 14.2 Å². The molecule has 0 radical (unpaired) electrons. The van der Waals surface area contributed by atoms with E-state index in [2.05, 4.69) is 14.9 Å². The minimum atomic E-state index is -3.81. The molecule has 162 valence electrons. The van der Waals surface area contributed by atoms with E-state index in [9.17, 15) is 18.0 Å². The summed E-state index contributed by atoms with van der Waals surface area (Å²) in [5, 5.41) is 6.29. The molecule has 3 rings (SSSR count). The number of amides is 1. The number of nitrogens with one attached hydrogen (secondary N) is 1. The van der Waals surface area contributed by atoms with Crippen molar-refractivity contribution < 1.29 is 32.2 Å². The fourth-order valence-corrected chi connectivity index (χ4v) is 4.72. The Kier molecular flexibility index (Phi) is 6.97. The maximum Gasteiger partial charge on any atom is 0.362 e. The van der Waals surface area contributed by atoms with E-state index in [1.807, 2.05) is 0 Å². The summed E-state index contributed by atoms with van der Waals surface area (Å²) in [6.45, 7) is 2.84. The van der Waals surface area contributed by atoms with Crippen LogP contribution in [0.25, 0.3) is 0 Å². The Hall–Kier alpha value is -2.61. The summed E-state index contributed by atoms with van der Waals surface area (Å²) >= 11 is 0.798. The second kappa shape index (κ2) is 9.47.